The number of nitrogens with one attached hydrogen (secondary N) is 2. The van der Waals surface area contributed by atoms with Crippen LogP contribution in [0.15, 0.2) is 54.6 Å². The highest BCUT2D eigenvalue weighted by Crippen LogP contribution is 2.40. The molecule has 3 rings (SSSR count). The number of amides is 1. The zero-order valence-electron chi connectivity index (χ0n) is 16.6. The van der Waals surface area contributed by atoms with Gasteiger partial charge in [-0.2, -0.15) is 0 Å². The van der Waals surface area contributed by atoms with E-state index in [2.05, 4.69) is 10.7 Å². The Balaban J connectivity index is 0.000000426. The Hall–Kier alpha value is -2.00. The van der Waals surface area contributed by atoms with Gasteiger partial charge in [-0.15, -0.1) is 11.8 Å². The monoisotopic (exact) mass is 423 g/mol. The molecule has 0 aliphatic carbocycles. The smallest absolute Gasteiger partial charge is 0.263 e. The summed E-state index contributed by atoms with van der Waals surface area (Å²) in [6.45, 7) is 0.761. The maximum absolute atomic E-state index is 14.0. The van der Waals surface area contributed by atoms with Crippen molar-refractivity contribution in [2.24, 2.45) is 0 Å². The average molecular weight is 424 g/mol. The largest absolute Gasteiger partial charge is 0.375 e. The van der Waals surface area contributed by atoms with Crippen LogP contribution in [-0.2, 0) is 9.53 Å². The lowest BCUT2D eigenvalue weighted by atomic mass is 10.2. The third-order valence-corrected chi connectivity index (χ3v) is 5.55. The van der Waals surface area contributed by atoms with Crippen LogP contribution in [-0.4, -0.2) is 43.6 Å². The van der Waals surface area contributed by atoms with E-state index in [1.807, 2.05) is 43.4 Å². The number of rotatable bonds is 7. The predicted octanol–water partition coefficient (Wildman–Crippen LogP) is 3.70. The van der Waals surface area contributed by atoms with Crippen LogP contribution in [0.3, 0.4) is 0 Å². The molecule has 158 valence electrons. The molecule has 2 aromatic rings. The van der Waals surface area contributed by atoms with Gasteiger partial charge in [-0.25, -0.2) is 14.2 Å². The van der Waals surface area contributed by atoms with Gasteiger partial charge in [-0.3, -0.25) is 9.80 Å². The SMILES string of the molecule is CNCCCC1SC(c2cc(F)ccc2F)NN1C(=O)COC.c1ccccc1. The van der Waals surface area contributed by atoms with E-state index in [1.54, 1.807) is 0 Å². The van der Waals surface area contributed by atoms with Crippen molar-refractivity contribution in [3.05, 3.63) is 71.8 Å². The molecule has 2 aromatic carbocycles. The number of methoxy groups -OCH3 is 1. The minimum absolute atomic E-state index is 0.0611. The molecule has 29 heavy (non-hydrogen) atoms. The van der Waals surface area contributed by atoms with Crippen molar-refractivity contribution in [2.45, 2.75) is 23.6 Å². The molecule has 1 amide bonds. The number of ether oxygens (including phenoxy) is 1. The average Bonchev–Trinajstić information content (AvgIpc) is 3.16. The highest BCUT2D eigenvalue weighted by Gasteiger charge is 2.37. The Labute approximate surface area is 174 Å². The first-order valence-electron chi connectivity index (χ1n) is 9.39. The molecule has 0 radical (unpaired) electrons. The van der Waals surface area contributed by atoms with Gasteiger partial charge in [-0.1, -0.05) is 36.4 Å². The Morgan fingerprint density at radius 3 is 2.45 bits per heavy atom. The van der Waals surface area contributed by atoms with Crippen molar-refractivity contribution in [2.75, 3.05) is 27.3 Å². The highest BCUT2D eigenvalue weighted by molar-refractivity contribution is 8.00. The number of carbonyl (C=O) groups is 1. The van der Waals surface area contributed by atoms with E-state index in [1.165, 1.54) is 23.9 Å². The van der Waals surface area contributed by atoms with Crippen molar-refractivity contribution < 1.29 is 18.3 Å². The van der Waals surface area contributed by atoms with Crippen molar-refractivity contribution in [1.82, 2.24) is 15.8 Å². The van der Waals surface area contributed by atoms with Crippen molar-refractivity contribution in [3.8, 4) is 0 Å². The minimum atomic E-state index is -0.508. The normalized spacial score (nSPS) is 18.3. The van der Waals surface area contributed by atoms with Crippen molar-refractivity contribution in [1.29, 1.82) is 0 Å². The third-order valence-electron chi connectivity index (χ3n) is 4.16. The fraction of sp³-hybridized carbons (Fsp3) is 0.381. The maximum atomic E-state index is 14.0. The first-order valence-corrected chi connectivity index (χ1v) is 10.3. The Morgan fingerprint density at radius 2 is 1.86 bits per heavy atom. The molecule has 2 N–H and O–H groups in total. The van der Waals surface area contributed by atoms with E-state index in [0.29, 0.717) is 0 Å². The molecule has 1 aliphatic heterocycles. The van der Waals surface area contributed by atoms with E-state index in [9.17, 15) is 13.6 Å². The molecule has 1 aliphatic rings. The molecule has 0 bridgehead atoms. The molecule has 2 atom stereocenters. The van der Waals surface area contributed by atoms with Crippen LogP contribution >= 0.6 is 11.8 Å². The maximum Gasteiger partial charge on any atom is 0.263 e. The second kappa shape index (κ2) is 12.5. The summed E-state index contributed by atoms with van der Waals surface area (Å²) in [5.41, 5.74) is 3.19. The van der Waals surface area contributed by atoms with Gasteiger partial charge < -0.3 is 10.1 Å². The summed E-state index contributed by atoms with van der Waals surface area (Å²) in [5.74, 6) is -1.22. The summed E-state index contributed by atoms with van der Waals surface area (Å²) < 4.78 is 32.3. The number of thioether (sulfide) groups is 1. The summed E-state index contributed by atoms with van der Waals surface area (Å²) in [7, 11) is 3.31. The zero-order valence-corrected chi connectivity index (χ0v) is 17.4. The lowest BCUT2D eigenvalue weighted by Crippen LogP contribution is -2.44. The van der Waals surface area contributed by atoms with Crippen molar-refractivity contribution in [3.63, 3.8) is 0 Å². The molecule has 0 spiro atoms. The molecule has 0 aromatic heterocycles. The van der Waals surface area contributed by atoms with Gasteiger partial charge in [0.2, 0.25) is 0 Å². The summed E-state index contributed by atoms with van der Waals surface area (Å²) in [6.07, 6.45) is 1.60. The van der Waals surface area contributed by atoms with Crippen LogP contribution in [0.5, 0.6) is 0 Å². The minimum Gasteiger partial charge on any atom is -0.375 e. The first-order chi connectivity index (χ1) is 14.1. The Bertz CT molecular complexity index is 725. The highest BCUT2D eigenvalue weighted by atomic mass is 32.2. The van der Waals surface area contributed by atoms with E-state index >= 15 is 0 Å². The third kappa shape index (κ3) is 7.40. The van der Waals surface area contributed by atoms with Crippen LogP contribution in [0.2, 0.25) is 0 Å². The van der Waals surface area contributed by atoms with E-state index in [-0.39, 0.29) is 23.5 Å². The van der Waals surface area contributed by atoms with Crippen LogP contribution in [0.1, 0.15) is 23.8 Å². The lowest BCUT2D eigenvalue weighted by Gasteiger charge is -2.23. The summed E-state index contributed by atoms with van der Waals surface area (Å²) in [4.78, 5) is 12.2. The van der Waals surface area contributed by atoms with Gasteiger partial charge in [0.15, 0.2) is 0 Å². The molecule has 2 unspecified atom stereocenters. The van der Waals surface area contributed by atoms with Gasteiger partial charge in [-0.05, 0) is 44.6 Å². The zero-order chi connectivity index (χ0) is 21.1. The molecule has 8 heteroatoms. The topological polar surface area (TPSA) is 53.6 Å². The molecule has 1 saturated heterocycles. The standard InChI is InChI=1S/C15H21F2N3O2S.C6H6/c1-18-7-3-4-14-20(13(21)9-22-2)19-15(23-14)11-8-10(16)5-6-12(11)17;1-2-4-6-5-3-1/h5-6,8,14-15,18-19H,3-4,7,9H2,1-2H3;1-6H. The fourth-order valence-electron chi connectivity index (χ4n) is 2.78. The fourth-order valence-corrected chi connectivity index (χ4v) is 4.20. The lowest BCUT2D eigenvalue weighted by molar-refractivity contribution is -0.138. The number of hydrazine groups is 1. The van der Waals surface area contributed by atoms with Crippen LogP contribution in [0.25, 0.3) is 0 Å². The molecule has 1 heterocycles. The van der Waals surface area contributed by atoms with E-state index < -0.39 is 17.0 Å². The molecular formula is C21H27F2N3O2S. The number of hydrogen-bond acceptors (Lipinski definition) is 5. The van der Waals surface area contributed by atoms with Crippen LogP contribution in [0, 0.1) is 11.6 Å². The number of benzene rings is 2. The number of hydrogen-bond donors (Lipinski definition) is 2. The summed E-state index contributed by atoms with van der Waals surface area (Å²) >= 11 is 1.40. The molecule has 5 nitrogen and oxygen atoms in total. The Morgan fingerprint density at radius 1 is 1.21 bits per heavy atom. The van der Waals surface area contributed by atoms with Gasteiger partial charge in [0.05, 0.1) is 5.37 Å². The molecule has 0 saturated carbocycles. The molecule has 1 fully saturated rings. The quantitative estimate of drug-likeness (QED) is 0.665. The van der Waals surface area contributed by atoms with Gasteiger partial charge in [0, 0.05) is 12.7 Å². The van der Waals surface area contributed by atoms with Crippen LogP contribution < -0.4 is 10.7 Å². The van der Waals surface area contributed by atoms with Gasteiger partial charge >= 0.3 is 0 Å². The van der Waals surface area contributed by atoms with Gasteiger partial charge in [0.1, 0.15) is 23.6 Å². The second-order valence-electron chi connectivity index (χ2n) is 6.36. The Kier molecular flexibility index (Phi) is 10.1. The second-order valence-corrected chi connectivity index (χ2v) is 7.65. The predicted molar refractivity (Wildman–Crippen MR) is 112 cm³/mol. The van der Waals surface area contributed by atoms with E-state index in [0.717, 1.165) is 37.6 Å². The summed E-state index contributed by atoms with van der Waals surface area (Å²) in [6, 6.07) is 15.3. The number of carbonyl (C=O) groups excluding carboxylic acids is 1. The first kappa shape index (κ1) is 23.3. The van der Waals surface area contributed by atoms with Crippen molar-refractivity contribution >= 4 is 17.7 Å². The van der Waals surface area contributed by atoms with Crippen LogP contribution in [0.4, 0.5) is 8.78 Å². The number of halogens is 2. The summed E-state index contributed by atoms with van der Waals surface area (Å²) in [5, 5.41) is 3.86. The number of nitrogens with zero attached hydrogens (tertiary/aromatic N) is 1. The van der Waals surface area contributed by atoms with E-state index in [4.69, 9.17) is 4.74 Å². The molecular weight excluding hydrogens is 396 g/mol. The van der Waals surface area contributed by atoms with Gasteiger partial charge in [0.25, 0.3) is 5.91 Å².